The first-order valence-corrected chi connectivity index (χ1v) is 5.23. The van der Waals surface area contributed by atoms with Crippen LogP contribution in [0.3, 0.4) is 0 Å². The van der Waals surface area contributed by atoms with Crippen LogP contribution in [0.4, 0.5) is 0 Å². The lowest BCUT2D eigenvalue weighted by atomic mass is 9.96. The Morgan fingerprint density at radius 3 is 2.38 bits per heavy atom. The van der Waals surface area contributed by atoms with Crippen molar-refractivity contribution in [1.29, 1.82) is 0 Å². The number of carbonyl (C=O) groups excluding carboxylic acids is 1. The first-order valence-electron chi connectivity index (χ1n) is 5.23. The lowest BCUT2D eigenvalue weighted by Crippen LogP contribution is -2.61. The van der Waals surface area contributed by atoms with Crippen LogP contribution in [0.15, 0.2) is 24.3 Å². The Bertz CT molecular complexity index is 389. The number of likely N-dealkylation sites (tertiary alicyclic amines) is 1. The number of β-amino-alcohol motifs (C(OH)–C–C–N with tert-alkyl or cyclic N) is 1. The summed E-state index contributed by atoms with van der Waals surface area (Å²) in [4.78, 5) is 13.5. The fourth-order valence-corrected chi connectivity index (χ4v) is 1.85. The number of nitrogens with zero attached hydrogens (tertiary/aromatic N) is 1. The van der Waals surface area contributed by atoms with Crippen molar-refractivity contribution >= 4 is 5.91 Å². The molecule has 1 amide bonds. The van der Waals surface area contributed by atoms with Crippen molar-refractivity contribution in [3.63, 3.8) is 0 Å². The van der Waals surface area contributed by atoms with E-state index in [9.17, 15) is 9.90 Å². The number of benzene rings is 1. The van der Waals surface area contributed by atoms with Crippen molar-refractivity contribution in [1.82, 2.24) is 4.90 Å². The van der Waals surface area contributed by atoms with Crippen molar-refractivity contribution in [3.05, 3.63) is 35.4 Å². The lowest BCUT2D eigenvalue weighted by Gasteiger charge is -2.44. The lowest BCUT2D eigenvalue weighted by molar-refractivity contribution is -0.0668. The van der Waals surface area contributed by atoms with Crippen LogP contribution in [0.5, 0.6) is 0 Å². The van der Waals surface area contributed by atoms with Crippen LogP contribution in [0.2, 0.25) is 0 Å². The zero-order valence-corrected chi connectivity index (χ0v) is 9.18. The summed E-state index contributed by atoms with van der Waals surface area (Å²) in [7, 11) is 0. The molecule has 16 heavy (non-hydrogen) atoms. The van der Waals surface area contributed by atoms with Crippen LogP contribution >= 0.6 is 0 Å². The van der Waals surface area contributed by atoms with Gasteiger partial charge in [0.05, 0.1) is 25.3 Å². The van der Waals surface area contributed by atoms with Gasteiger partial charge in [-0.15, -0.1) is 0 Å². The van der Waals surface area contributed by atoms with E-state index in [1.165, 1.54) is 0 Å². The molecule has 86 valence electrons. The molecular formula is C12H15NO3. The third kappa shape index (κ3) is 2.08. The molecule has 0 radical (unpaired) electrons. The predicted octanol–water partition coefficient (Wildman–Crippen LogP) is 0.386. The fraction of sp³-hybridized carbons (Fsp3) is 0.417. The maximum Gasteiger partial charge on any atom is 0.254 e. The number of hydrogen-bond acceptors (Lipinski definition) is 3. The van der Waals surface area contributed by atoms with Crippen molar-refractivity contribution in [2.75, 3.05) is 13.1 Å². The van der Waals surface area contributed by atoms with E-state index < -0.39 is 5.60 Å². The van der Waals surface area contributed by atoms with Gasteiger partial charge in [0.1, 0.15) is 0 Å². The molecule has 1 aromatic carbocycles. The standard InChI is InChI=1S/C12H15NO3/c1-12(16)7-13(8-12)11(15)10-4-2-9(6-14)3-5-10/h2-5,14,16H,6-8H2,1H3. The normalized spacial score (nSPS) is 18.1. The second kappa shape index (κ2) is 3.88. The molecule has 0 unspecified atom stereocenters. The SMILES string of the molecule is CC1(O)CN(C(=O)c2ccc(CO)cc2)C1. The second-order valence-electron chi connectivity index (χ2n) is 4.51. The van der Waals surface area contributed by atoms with Gasteiger partial charge in [0.15, 0.2) is 0 Å². The Balaban J connectivity index is 2.05. The fourth-order valence-electron chi connectivity index (χ4n) is 1.85. The number of carbonyl (C=O) groups is 1. The highest BCUT2D eigenvalue weighted by molar-refractivity contribution is 5.94. The molecule has 0 aliphatic carbocycles. The van der Waals surface area contributed by atoms with Gasteiger partial charge in [-0.3, -0.25) is 4.79 Å². The topological polar surface area (TPSA) is 60.8 Å². The molecule has 0 spiro atoms. The Hall–Kier alpha value is -1.39. The van der Waals surface area contributed by atoms with E-state index in [2.05, 4.69) is 0 Å². The molecule has 1 aromatic rings. The van der Waals surface area contributed by atoms with Gasteiger partial charge in [0.25, 0.3) is 5.91 Å². The summed E-state index contributed by atoms with van der Waals surface area (Å²) in [6, 6.07) is 6.85. The van der Waals surface area contributed by atoms with Crippen LogP contribution in [0, 0.1) is 0 Å². The molecule has 0 bridgehead atoms. The minimum Gasteiger partial charge on any atom is -0.392 e. The third-order valence-electron chi connectivity index (χ3n) is 2.73. The first kappa shape index (κ1) is 11.1. The molecule has 1 heterocycles. The van der Waals surface area contributed by atoms with Gasteiger partial charge in [-0.1, -0.05) is 12.1 Å². The molecular weight excluding hydrogens is 206 g/mol. The monoisotopic (exact) mass is 221 g/mol. The molecule has 0 saturated carbocycles. The van der Waals surface area contributed by atoms with Crippen molar-refractivity contribution < 1.29 is 15.0 Å². The molecule has 1 aliphatic heterocycles. The van der Waals surface area contributed by atoms with E-state index in [-0.39, 0.29) is 12.5 Å². The van der Waals surface area contributed by atoms with E-state index >= 15 is 0 Å². The van der Waals surface area contributed by atoms with E-state index in [1.54, 1.807) is 36.1 Å². The van der Waals surface area contributed by atoms with Crippen LogP contribution in [0.1, 0.15) is 22.8 Å². The molecule has 1 aliphatic rings. The summed E-state index contributed by atoms with van der Waals surface area (Å²) in [5, 5.41) is 18.4. The minimum absolute atomic E-state index is 0.0209. The van der Waals surface area contributed by atoms with Gasteiger partial charge in [-0.05, 0) is 24.6 Å². The van der Waals surface area contributed by atoms with E-state index in [0.29, 0.717) is 18.7 Å². The van der Waals surface area contributed by atoms with Crippen LogP contribution in [-0.2, 0) is 6.61 Å². The maximum atomic E-state index is 11.9. The average molecular weight is 221 g/mol. The zero-order valence-electron chi connectivity index (χ0n) is 9.18. The van der Waals surface area contributed by atoms with E-state index in [0.717, 1.165) is 5.56 Å². The number of aliphatic hydroxyl groups excluding tert-OH is 1. The third-order valence-corrected chi connectivity index (χ3v) is 2.73. The molecule has 0 aromatic heterocycles. The number of amides is 1. The summed E-state index contributed by atoms with van der Waals surface area (Å²) < 4.78 is 0. The largest absolute Gasteiger partial charge is 0.392 e. The van der Waals surface area contributed by atoms with Crippen molar-refractivity contribution in [2.45, 2.75) is 19.1 Å². The first-order chi connectivity index (χ1) is 7.52. The highest BCUT2D eigenvalue weighted by Crippen LogP contribution is 2.22. The zero-order chi connectivity index (χ0) is 11.8. The molecule has 4 heteroatoms. The Morgan fingerprint density at radius 1 is 1.38 bits per heavy atom. The molecule has 0 atom stereocenters. The van der Waals surface area contributed by atoms with Gasteiger partial charge in [-0.25, -0.2) is 0 Å². The van der Waals surface area contributed by atoms with Crippen LogP contribution < -0.4 is 0 Å². The molecule has 2 N–H and O–H groups in total. The summed E-state index contributed by atoms with van der Waals surface area (Å²) >= 11 is 0. The highest BCUT2D eigenvalue weighted by Gasteiger charge is 2.39. The molecule has 2 rings (SSSR count). The Kier molecular flexibility index (Phi) is 2.69. The number of hydrogen-bond donors (Lipinski definition) is 2. The number of rotatable bonds is 2. The Labute approximate surface area is 94.1 Å². The Morgan fingerprint density at radius 2 is 1.94 bits per heavy atom. The van der Waals surface area contributed by atoms with Gasteiger partial charge in [0.2, 0.25) is 0 Å². The van der Waals surface area contributed by atoms with E-state index in [1.807, 2.05) is 0 Å². The van der Waals surface area contributed by atoms with Crippen LogP contribution in [0.25, 0.3) is 0 Å². The molecule has 1 saturated heterocycles. The average Bonchev–Trinajstić information content (AvgIpc) is 2.25. The predicted molar refractivity (Wildman–Crippen MR) is 58.9 cm³/mol. The van der Waals surface area contributed by atoms with E-state index in [4.69, 9.17) is 5.11 Å². The summed E-state index contributed by atoms with van der Waals surface area (Å²) in [6.45, 7) is 2.46. The second-order valence-corrected chi connectivity index (χ2v) is 4.51. The van der Waals surface area contributed by atoms with Crippen molar-refractivity contribution in [3.8, 4) is 0 Å². The van der Waals surface area contributed by atoms with Gasteiger partial charge in [0, 0.05) is 5.56 Å². The smallest absolute Gasteiger partial charge is 0.254 e. The summed E-state index contributed by atoms with van der Waals surface area (Å²) in [6.07, 6.45) is 0. The minimum atomic E-state index is -0.735. The van der Waals surface area contributed by atoms with Crippen LogP contribution in [-0.4, -0.2) is 39.7 Å². The quantitative estimate of drug-likeness (QED) is 0.759. The maximum absolute atomic E-state index is 11.9. The summed E-state index contributed by atoms with van der Waals surface area (Å²) in [5.41, 5.74) is 0.639. The number of aliphatic hydroxyl groups is 2. The van der Waals surface area contributed by atoms with Gasteiger partial charge < -0.3 is 15.1 Å². The van der Waals surface area contributed by atoms with Gasteiger partial charge >= 0.3 is 0 Å². The van der Waals surface area contributed by atoms with Crippen molar-refractivity contribution in [2.24, 2.45) is 0 Å². The van der Waals surface area contributed by atoms with Gasteiger partial charge in [-0.2, -0.15) is 0 Å². The molecule has 1 fully saturated rings. The highest BCUT2D eigenvalue weighted by atomic mass is 16.3. The summed E-state index contributed by atoms with van der Waals surface area (Å²) in [5.74, 6) is -0.0731. The molecule has 4 nitrogen and oxygen atoms in total.